The van der Waals surface area contributed by atoms with Crippen molar-refractivity contribution in [3.8, 4) is 0 Å². The molecule has 2 saturated heterocycles. The van der Waals surface area contributed by atoms with Crippen LogP contribution in [0.25, 0.3) is 5.65 Å². The maximum atomic E-state index is 4.57. The maximum absolute atomic E-state index is 4.57. The van der Waals surface area contributed by atoms with Crippen LogP contribution in [0, 0.1) is 0 Å². The molecule has 0 spiro atoms. The number of hydrogen-bond acceptors (Lipinski definition) is 6. The summed E-state index contributed by atoms with van der Waals surface area (Å²) in [5, 5.41) is 8.22. The lowest BCUT2D eigenvalue weighted by atomic mass is 10.2. The second kappa shape index (κ2) is 5.49. The molecule has 122 valence electrons. The average Bonchev–Trinajstić information content (AvgIpc) is 3.29. The molecule has 5 heterocycles. The van der Waals surface area contributed by atoms with Gasteiger partial charge in [0.2, 0.25) is 5.65 Å². The van der Waals surface area contributed by atoms with Gasteiger partial charge in [-0.25, -0.2) is 4.98 Å². The number of hydrogen-bond donors (Lipinski definition) is 0. The standard InChI is InChI=1S/C16H16BrN7/c17-12-3-11(5-18-6-12)7-23-8-14-4-13(23)9-24(14)15-16-21-20-10-22(16)2-1-19-15/h1-3,5-6,10,13-14H,4,7-9H2. The van der Waals surface area contributed by atoms with Crippen LogP contribution in [0.4, 0.5) is 5.82 Å². The lowest BCUT2D eigenvalue weighted by Crippen LogP contribution is -2.46. The van der Waals surface area contributed by atoms with Crippen LogP contribution in [0.3, 0.4) is 0 Å². The summed E-state index contributed by atoms with van der Waals surface area (Å²) in [6.07, 6.45) is 10.4. The number of pyridine rings is 1. The van der Waals surface area contributed by atoms with Crippen LogP contribution in [0.1, 0.15) is 12.0 Å². The summed E-state index contributed by atoms with van der Waals surface area (Å²) in [5.74, 6) is 0.950. The van der Waals surface area contributed by atoms with E-state index in [0.717, 1.165) is 35.6 Å². The molecule has 2 aliphatic rings. The summed E-state index contributed by atoms with van der Waals surface area (Å²) in [5.41, 5.74) is 2.09. The van der Waals surface area contributed by atoms with Crippen LogP contribution < -0.4 is 4.90 Å². The van der Waals surface area contributed by atoms with Crippen molar-refractivity contribution in [2.75, 3.05) is 18.0 Å². The molecule has 0 aromatic carbocycles. The Morgan fingerprint density at radius 2 is 2.17 bits per heavy atom. The van der Waals surface area contributed by atoms with E-state index in [9.17, 15) is 0 Å². The number of likely N-dealkylation sites (tertiary alicyclic amines) is 1. The van der Waals surface area contributed by atoms with Crippen LogP contribution in [-0.4, -0.2) is 54.6 Å². The van der Waals surface area contributed by atoms with Gasteiger partial charge < -0.3 is 4.90 Å². The Balaban J connectivity index is 1.36. The van der Waals surface area contributed by atoms with Gasteiger partial charge in [-0.05, 0) is 34.0 Å². The molecule has 0 saturated carbocycles. The first kappa shape index (κ1) is 14.3. The Bertz CT molecular complexity index is 895. The van der Waals surface area contributed by atoms with Gasteiger partial charge in [-0.15, -0.1) is 10.2 Å². The molecule has 0 amide bonds. The summed E-state index contributed by atoms with van der Waals surface area (Å²) in [6.45, 7) is 2.99. The smallest absolute Gasteiger partial charge is 0.203 e. The first-order valence-electron chi connectivity index (χ1n) is 8.02. The van der Waals surface area contributed by atoms with E-state index in [4.69, 9.17) is 0 Å². The fourth-order valence-electron chi connectivity index (χ4n) is 3.93. The van der Waals surface area contributed by atoms with Crippen molar-refractivity contribution >= 4 is 27.4 Å². The Morgan fingerprint density at radius 1 is 1.21 bits per heavy atom. The average molecular weight is 386 g/mol. The van der Waals surface area contributed by atoms with Gasteiger partial charge in [-0.1, -0.05) is 0 Å². The topological polar surface area (TPSA) is 62.5 Å². The number of piperazine rings is 1. The highest BCUT2D eigenvalue weighted by Gasteiger charge is 2.44. The monoisotopic (exact) mass is 385 g/mol. The van der Waals surface area contributed by atoms with Crippen LogP contribution in [0.15, 0.2) is 41.7 Å². The van der Waals surface area contributed by atoms with Gasteiger partial charge in [0.15, 0.2) is 5.82 Å². The fraction of sp³-hybridized carbons (Fsp3) is 0.375. The third-order valence-electron chi connectivity index (χ3n) is 4.97. The molecule has 2 unspecified atom stereocenters. The van der Waals surface area contributed by atoms with Crippen molar-refractivity contribution in [1.29, 1.82) is 0 Å². The third-order valence-corrected chi connectivity index (χ3v) is 5.40. The first-order chi connectivity index (χ1) is 11.8. The van der Waals surface area contributed by atoms with Gasteiger partial charge in [0.1, 0.15) is 6.33 Å². The SMILES string of the molecule is Brc1cncc(CN2CC3CC2CN3c2nccn3cnnc23)c1. The van der Waals surface area contributed by atoms with Gasteiger partial charge in [0.05, 0.1) is 0 Å². The van der Waals surface area contributed by atoms with E-state index in [1.807, 2.05) is 29.2 Å². The number of anilines is 1. The molecule has 7 nitrogen and oxygen atoms in total. The van der Waals surface area contributed by atoms with Crippen LogP contribution in [-0.2, 0) is 6.54 Å². The molecule has 24 heavy (non-hydrogen) atoms. The summed E-state index contributed by atoms with van der Waals surface area (Å²) in [6, 6.07) is 3.19. The molecule has 5 rings (SSSR count). The minimum absolute atomic E-state index is 0.491. The molecule has 3 aromatic rings. The molecular formula is C16H16BrN7. The highest BCUT2D eigenvalue weighted by atomic mass is 79.9. The Hall–Kier alpha value is -2.06. The van der Waals surface area contributed by atoms with Gasteiger partial charge in [-0.3, -0.25) is 14.3 Å². The van der Waals surface area contributed by atoms with E-state index < -0.39 is 0 Å². The predicted molar refractivity (Wildman–Crippen MR) is 92.7 cm³/mol. The highest BCUT2D eigenvalue weighted by Crippen LogP contribution is 2.35. The molecule has 0 N–H and O–H groups in total. The minimum atomic E-state index is 0.491. The summed E-state index contributed by atoms with van der Waals surface area (Å²) >= 11 is 3.50. The number of fused-ring (bicyclic) bond motifs is 3. The molecule has 0 radical (unpaired) electrons. The quantitative estimate of drug-likeness (QED) is 0.684. The normalized spacial score (nSPS) is 23.5. The van der Waals surface area contributed by atoms with Crippen molar-refractivity contribution in [2.45, 2.75) is 25.0 Å². The Kier molecular flexibility index (Phi) is 3.27. The second-order valence-electron chi connectivity index (χ2n) is 6.45. The van der Waals surface area contributed by atoms with Crippen molar-refractivity contribution in [1.82, 2.24) is 29.5 Å². The zero-order chi connectivity index (χ0) is 16.1. The van der Waals surface area contributed by atoms with E-state index in [2.05, 4.69) is 52.0 Å². The lowest BCUT2D eigenvalue weighted by Gasteiger charge is -2.34. The van der Waals surface area contributed by atoms with E-state index >= 15 is 0 Å². The predicted octanol–water partition coefficient (Wildman–Crippen LogP) is 1.74. The zero-order valence-electron chi connectivity index (χ0n) is 13.0. The summed E-state index contributed by atoms with van der Waals surface area (Å²) in [4.78, 5) is 13.8. The van der Waals surface area contributed by atoms with E-state index in [-0.39, 0.29) is 0 Å². The molecule has 8 heteroatoms. The number of halogens is 1. The molecule has 2 fully saturated rings. The Morgan fingerprint density at radius 3 is 3.00 bits per heavy atom. The number of aromatic nitrogens is 5. The molecule has 2 atom stereocenters. The van der Waals surface area contributed by atoms with Crippen molar-refractivity contribution in [2.24, 2.45) is 0 Å². The minimum Gasteiger partial charge on any atom is -0.348 e. The Labute approximate surface area is 147 Å². The van der Waals surface area contributed by atoms with Crippen LogP contribution in [0.2, 0.25) is 0 Å². The number of nitrogens with zero attached hydrogens (tertiary/aromatic N) is 7. The van der Waals surface area contributed by atoms with Crippen LogP contribution >= 0.6 is 15.9 Å². The maximum Gasteiger partial charge on any atom is 0.203 e. The largest absolute Gasteiger partial charge is 0.348 e. The lowest BCUT2D eigenvalue weighted by molar-refractivity contribution is 0.230. The van der Waals surface area contributed by atoms with Crippen LogP contribution in [0.5, 0.6) is 0 Å². The van der Waals surface area contributed by atoms with Gasteiger partial charge in [-0.2, -0.15) is 0 Å². The third kappa shape index (κ3) is 2.29. The van der Waals surface area contributed by atoms with E-state index in [0.29, 0.717) is 12.1 Å². The summed E-state index contributed by atoms with van der Waals surface area (Å²) < 4.78 is 2.97. The number of rotatable bonds is 3. The molecule has 3 aromatic heterocycles. The van der Waals surface area contributed by atoms with E-state index in [1.54, 1.807) is 6.33 Å². The second-order valence-corrected chi connectivity index (χ2v) is 7.36. The molecular weight excluding hydrogens is 370 g/mol. The zero-order valence-corrected chi connectivity index (χ0v) is 14.5. The molecule has 0 aliphatic carbocycles. The molecule has 2 bridgehead atoms. The highest BCUT2D eigenvalue weighted by molar-refractivity contribution is 9.10. The van der Waals surface area contributed by atoms with Gasteiger partial charge >= 0.3 is 0 Å². The van der Waals surface area contributed by atoms with Crippen molar-refractivity contribution in [3.05, 3.63) is 47.2 Å². The molecule has 2 aliphatic heterocycles. The van der Waals surface area contributed by atoms with Gasteiger partial charge in [0, 0.05) is 61.0 Å². The first-order valence-corrected chi connectivity index (χ1v) is 8.82. The van der Waals surface area contributed by atoms with Crippen molar-refractivity contribution < 1.29 is 0 Å². The van der Waals surface area contributed by atoms with E-state index in [1.165, 1.54) is 12.0 Å². The summed E-state index contributed by atoms with van der Waals surface area (Å²) in [7, 11) is 0. The van der Waals surface area contributed by atoms with Crippen molar-refractivity contribution in [3.63, 3.8) is 0 Å². The van der Waals surface area contributed by atoms with Gasteiger partial charge in [0.25, 0.3) is 0 Å². The fourth-order valence-corrected chi connectivity index (χ4v) is 4.34.